The van der Waals surface area contributed by atoms with Gasteiger partial charge in [0.15, 0.2) is 0 Å². The number of piperidine rings is 1. The van der Waals surface area contributed by atoms with E-state index in [0.717, 1.165) is 45.3 Å². The van der Waals surface area contributed by atoms with Crippen LogP contribution in [0.4, 0.5) is 0 Å². The van der Waals surface area contributed by atoms with Crippen LogP contribution >= 0.6 is 0 Å². The fourth-order valence-electron chi connectivity index (χ4n) is 6.90. The summed E-state index contributed by atoms with van der Waals surface area (Å²) in [6.45, 7) is 7.18. The summed E-state index contributed by atoms with van der Waals surface area (Å²) in [6, 6.07) is 10.3. The summed E-state index contributed by atoms with van der Waals surface area (Å²) in [5.41, 5.74) is 3.99. The van der Waals surface area contributed by atoms with E-state index in [-0.39, 0.29) is 23.4 Å². The topological polar surface area (TPSA) is 49.8 Å². The van der Waals surface area contributed by atoms with Gasteiger partial charge < -0.3 is 14.7 Å². The summed E-state index contributed by atoms with van der Waals surface area (Å²) < 4.78 is 5.95. The van der Waals surface area contributed by atoms with Crippen LogP contribution in [0.25, 0.3) is 0 Å². The molecule has 4 heteroatoms. The van der Waals surface area contributed by atoms with Crippen LogP contribution < -0.4 is 0 Å². The third-order valence-corrected chi connectivity index (χ3v) is 8.80. The zero-order chi connectivity index (χ0) is 21.6. The van der Waals surface area contributed by atoms with Crippen LogP contribution in [-0.2, 0) is 16.0 Å². The van der Waals surface area contributed by atoms with E-state index in [4.69, 9.17) is 4.74 Å². The van der Waals surface area contributed by atoms with E-state index in [9.17, 15) is 9.90 Å². The van der Waals surface area contributed by atoms with Crippen molar-refractivity contribution in [1.82, 2.24) is 4.90 Å². The first-order valence-electron chi connectivity index (χ1n) is 12.2. The quantitative estimate of drug-likeness (QED) is 0.572. The summed E-state index contributed by atoms with van der Waals surface area (Å²) in [5.74, 6) is 0.325. The van der Waals surface area contributed by atoms with Crippen molar-refractivity contribution in [3.05, 3.63) is 47.0 Å². The number of ether oxygens (including phenoxy) is 1. The van der Waals surface area contributed by atoms with Crippen molar-refractivity contribution >= 4 is 5.97 Å². The van der Waals surface area contributed by atoms with Gasteiger partial charge in [-0.15, -0.1) is 0 Å². The van der Waals surface area contributed by atoms with Crippen LogP contribution in [-0.4, -0.2) is 47.3 Å². The lowest BCUT2D eigenvalue weighted by Crippen LogP contribution is -2.48. The van der Waals surface area contributed by atoms with Crippen molar-refractivity contribution in [2.45, 2.75) is 76.9 Å². The Morgan fingerprint density at radius 2 is 1.90 bits per heavy atom. The number of esters is 1. The number of hydrogen-bond donors (Lipinski definition) is 1. The van der Waals surface area contributed by atoms with E-state index in [0.29, 0.717) is 12.3 Å². The summed E-state index contributed by atoms with van der Waals surface area (Å²) in [4.78, 5) is 15.3. The molecule has 4 nitrogen and oxygen atoms in total. The standard InChI is InChI=1S/C27H37NO3/c1-19-7-6-10-26(2)17-24-21(15-23(19)26)22(25(29)31-24)18-28-13-11-27(30,12-14-28)16-20-8-4-3-5-9-20/h3-5,8-9,21-22,24,30H,6-7,10-18H2,1-2H3/t21-,22+,24+,26+/m0/s1. The number of carbonyl (C=O) groups is 1. The predicted molar refractivity (Wildman–Crippen MR) is 122 cm³/mol. The van der Waals surface area contributed by atoms with Crippen molar-refractivity contribution in [2.75, 3.05) is 19.6 Å². The number of hydrogen-bond acceptors (Lipinski definition) is 4. The number of allylic oxidation sites excluding steroid dienone is 2. The third kappa shape index (κ3) is 4.09. The molecule has 0 radical (unpaired) electrons. The first-order chi connectivity index (χ1) is 14.9. The second-order valence-corrected chi connectivity index (χ2v) is 11.0. The van der Waals surface area contributed by atoms with Gasteiger partial charge in [-0.3, -0.25) is 4.79 Å². The molecule has 168 valence electrons. The van der Waals surface area contributed by atoms with E-state index in [1.165, 1.54) is 24.8 Å². The molecule has 0 bridgehead atoms. The number of aliphatic hydroxyl groups is 1. The molecule has 2 heterocycles. The van der Waals surface area contributed by atoms with Crippen molar-refractivity contribution in [3.63, 3.8) is 0 Å². The lowest BCUT2D eigenvalue weighted by molar-refractivity contribution is -0.145. The summed E-state index contributed by atoms with van der Waals surface area (Å²) >= 11 is 0. The van der Waals surface area contributed by atoms with Gasteiger partial charge in [-0.2, -0.15) is 0 Å². The molecule has 1 N–H and O–H groups in total. The summed E-state index contributed by atoms with van der Waals surface area (Å²) in [5, 5.41) is 11.1. The molecule has 1 aromatic carbocycles. The normalized spacial score (nSPS) is 35.5. The van der Waals surface area contributed by atoms with Crippen LogP contribution in [0.5, 0.6) is 0 Å². The SMILES string of the molecule is CC1=C2C[C@@H]3[C@@H](C[C@@]2(C)CCC1)OC(=O)[C@@H]3CN1CCC(O)(Cc2ccccc2)CC1. The molecule has 0 unspecified atom stereocenters. The number of benzene rings is 1. The number of nitrogens with zero attached hydrogens (tertiary/aromatic N) is 1. The first-order valence-corrected chi connectivity index (χ1v) is 12.2. The van der Waals surface area contributed by atoms with Crippen LogP contribution in [0.1, 0.15) is 64.4 Å². The molecule has 0 spiro atoms. The Balaban J connectivity index is 1.22. The smallest absolute Gasteiger partial charge is 0.310 e. The summed E-state index contributed by atoms with van der Waals surface area (Å²) in [6.07, 6.45) is 8.09. The van der Waals surface area contributed by atoms with E-state index in [2.05, 4.69) is 30.9 Å². The van der Waals surface area contributed by atoms with Crippen molar-refractivity contribution in [1.29, 1.82) is 0 Å². The van der Waals surface area contributed by atoms with Gasteiger partial charge in [0, 0.05) is 32.0 Å². The molecule has 3 fully saturated rings. The van der Waals surface area contributed by atoms with Crippen molar-refractivity contribution in [2.24, 2.45) is 17.3 Å². The molecule has 0 aromatic heterocycles. The molecule has 4 aliphatic rings. The van der Waals surface area contributed by atoms with E-state index < -0.39 is 5.60 Å². The number of fused-ring (bicyclic) bond motifs is 2. The van der Waals surface area contributed by atoms with Gasteiger partial charge in [0.2, 0.25) is 0 Å². The Hall–Kier alpha value is -1.65. The maximum Gasteiger partial charge on any atom is 0.310 e. The average molecular weight is 424 g/mol. The molecular weight excluding hydrogens is 386 g/mol. The van der Waals surface area contributed by atoms with E-state index in [1.807, 2.05) is 18.2 Å². The highest BCUT2D eigenvalue weighted by molar-refractivity contribution is 5.76. The molecular formula is C27H37NO3. The largest absolute Gasteiger partial charge is 0.462 e. The molecule has 1 aromatic rings. The monoisotopic (exact) mass is 423 g/mol. The lowest BCUT2D eigenvalue weighted by atomic mass is 9.59. The Morgan fingerprint density at radius 1 is 1.16 bits per heavy atom. The molecule has 0 amide bonds. The highest BCUT2D eigenvalue weighted by Gasteiger charge is 2.53. The van der Waals surface area contributed by atoms with Crippen molar-refractivity contribution in [3.8, 4) is 0 Å². The van der Waals surface area contributed by atoms with Gasteiger partial charge in [-0.25, -0.2) is 0 Å². The van der Waals surface area contributed by atoms with Gasteiger partial charge in [-0.1, -0.05) is 48.4 Å². The Kier molecular flexibility index (Phi) is 5.50. The highest BCUT2D eigenvalue weighted by Crippen LogP contribution is 2.55. The molecule has 2 saturated heterocycles. The fourth-order valence-corrected chi connectivity index (χ4v) is 6.90. The van der Waals surface area contributed by atoms with Crippen molar-refractivity contribution < 1.29 is 14.6 Å². The second kappa shape index (κ2) is 8.04. The number of rotatable bonds is 4. The van der Waals surface area contributed by atoms with Gasteiger partial charge in [0.25, 0.3) is 0 Å². The lowest BCUT2D eigenvalue weighted by Gasteiger charge is -2.46. The Morgan fingerprint density at radius 3 is 2.65 bits per heavy atom. The minimum Gasteiger partial charge on any atom is -0.462 e. The third-order valence-electron chi connectivity index (χ3n) is 8.80. The minimum absolute atomic E-state index is 0.0145. The minimum atomic E-state index is -0.632. The molecule has 1 saturated carbocycles. The first kappa shape index (κ1) is 21.2. The zero-order valence-electron chi connectivity index (χ0n) is 19.1. The number of carbonyl (C=O) groups excluding carboxylic acids is 1. The van der Waals surface area contributed by atoms with Crippen LogP contribution in [0.2, 0.25) is 0 Å². The van der Waals surface area contributed by atoms with E-state index >= 15 is 0 Å². The molecule has 2 aliphatic carbocycles. The maximum atomic E-state index is 12.9. The second-order valence-electron chi connectivity index (χ2n) is 11.0. The fraction of sp³-hybridized carbons (Fsp3) is 0.667. The molecule has 4 atom stereocenters. The highest BCUT2D eigenvalue weighted by atomic mass is 16.6. The van der Waals surface area contributed by atoms with Gasteiger partial charge in [-0.05, 0) is 62.8 Å². The Labute approximate surface area is 186 Å². The predicted octanol–water partition coefficient (Wildman–Crippen LogP) is 4.51. The molecule has 2 aliphatic heterocycles. The van der Waals surface area contributed by atoms with Crippen LogP contribution in [0, 0.1) is 17.3 Å². The van der Waals surface area contributed by atoms with Crippen LogP contribution in [0.3, 0.4) is 0 Å². The van der Waals surface area contributed by atoms with Gasteiger partial charge in [0.05, 0.1) is 11.5 Å². The molecule has 31 heavy (non-hydrogen) atoms. The van der Waals surface area contributed by atoms with Gasteiger partial charge in [0.1, 0.15) is 6.10 Å². The Bertz CT molecular complexity index is 854. The zero-order valence-corrected chi connectivity index (χ0v) is 19.1. The van der Waals surface area contributed by atoms with E-state index in [1.54, 1.807) is 11.1 Å². The summed E-state index contributed by atoms with van der Waals surface area (Å²) in [7, 11) is 0. The molecule has 5 rings (SSSR count). The van der Waals surface area contributed by atoms with Crippen LogP contribution in [0.15, 0.2) is 41.5 Å². The van der Waals surface area contributed by atoms with Gasteiger partial charge >= 0.3 is 5.97 Å². The number of likely N-dealkylation sites (tertiary alicyclic amines) is 1. The maximum absolute atomic E-state index is 12.9. The average Bonchev–Trinajstić information content (AvgIpc) is 3.02.